The summed E-state index contributed by atoms with van der Waals surface area (Å²) in [6, 6.07) is 3.34. The highest BCUT2D eigenvalue weighted by molar-refractivity contribution is 9.11. The first-order chi connectivity index (χ1) is 8.08. The molecule has 0 fully saturated rings. The summed E-state index contributed by atoms with van der Waals surface area (Å²) in [5.74, 6) is -0.143. The number of esters is 1. The van der Waals surface area contributed by atoms with E-state index in [1.165, 1.54) is 0 Å². The fraction of sp³-hybridized carbons (Fsp3) is 0.273. The third-order valence-electron chi connectivity index (χ3n) is 1.80. The molecule has 0 spiro atoms. The number of aldehydes is 1. The molecule has 0 saturated heterocycles. The molecule has 0 heterocycles. The zero-order chi connectivity index (χ0) is 12.8. The summed E-state index contributed by atoms with van der Waals surface area (Å²) in [5, 5.41) is 0. The second kappa shape index (κ2) is 6.76. The lowest BCUT2D eigenvalue weighted by atomic mass is 10.2. The average molecular weight is 366 g/mol. The van der Waals surface area contributed by atoms with Crippen LogP contribution < -0.4 is 4.74 Å². The van der Waals surface area contributed by atoms with Gasteiger partial charge in [0.25, 0.3) is 0 Å². The average Bonchev–Trinajstić information content (AvgIpc) is 2.27. The van der Waals surface area contributed by atoms with Gasteiger partial charge in [0.2, 0.25) is 0 Å². The minimum atomic E-state index is -0.473. The monoisotopic (exact) mass is 364 g/mol. The van der Waals surface area contributed by atoms with Gasteiger partial charge in [-0.25, -0.2) is 4.79 Å². The van der Waals surface area contributed by atoms with E-state index in [0.29, 0.717) is 28.7 Å². The Bertz CT molecular complexity index is 432. The molecular formula is C11H10Br2O4. The quantitative estimate of drug-likeness (QED) is 0.594. The molecule has 0 atom stereocenters. The van der Waals surface area contributed by atoms with E-state index >= 15 is 0 Å². The Balaban J connectivity index is 2.83. The Labute approximate surface area is 116 Å². The van der Waals surface area contributed by atoms with E-state index < -0.39 is 5.97 Å². The van der Waals surface area contributed by atoms with Gasteiger partial charge in [-0.05, 0) is 35.0 Å². The van der Waals surface area contributed by atoms with Gasteiger partial charge >= 0.3 is 5.97 Å². The van der Waals surface area contributed by atoms with Crippen LogP contribution >= 0.6 is 31.9 Å². The molecule has 1 aromatic rings. The van der Waals surface area contributed by atoms with Crippen molar-refractivity contribution in [2.45, 2.75) is 6.92 Å². The molecule has 0 aliphatic carbocycles. The van der Waals surface area contributed by atoms with Crippen LogP contribution in [-0.4, -0.2) is 25.5 Å². The molecule has 4 nitrogen and oxygen atoms in total. The Morgan fingerprint density at radius 2 is 2.12 bits per heavy atom. The van der Waals surface area contributed by atoms with Crippen LogP contribution in [0, 0.1) is 0 Å². The van der Waals surface area contributed by atoms with Crippen LogP contribution in [0.3, 0.4) is 0 Å². The first-order valence-electron chi connectivity index (χ1n) is 4.81. The first-order valence-corrected chi connectivity index (χ1v) is 6.39. The maximum atomic E-state index is 11.1. The Hall–Kier alpha value is -0.880. The number of carbonyl (C=O) groups excluding carboxylic acids is 2. The minimum absolute atomic E-state index is 0.227. The molecule has 0 aromatic heterocycles. The van der Waals surface area contributed by atoms with Crippen LogP contribution in [0.15, 0.2) is 21.1 Å². The van der Waals surface area contributed by atoms with Crippen LogP contribution in [0.4, 0.5) is 0 Å². The minimum Gasteiger partial charge on any atom is -0.480 e. The van der Waals surface area contributed by atoms with Gasteiger partial charge in [0.1, 0.15) is 5.75 Å². The number of halogens is 2. The highest BCUT2D eigenvalue weighted by Gasteiger charge is 2.12. The van der Waals surface area contributed by atoms with Gasteiger partial charge in [-0.1, -0.05) is 15.9 Å². The van der Waals surface area contributed by atoms with Gasteiger partial charge < -0.3 is 9.47 Å². The van der Waals surface area contributed by atoms with E-state index in [1.54, 1.807) is 19.1 Å². The standard InChI is InChI=1S/C11H10Br2O4/c1-2-16-10(15)6-17-11-7(5-14)3-8(12)4-9(11)13/h3-5H,2,6H2,1H3. The maximum Gasteiger partial charge on any atom is 0.344 e. The summed E-state index contributed by atoms with van der Waals surface area (Å²) in [6.45, 7) is 1.78. The largest absolute Gasteiger partial charge is 0.480 e. The van der Waals surface area contributed by atoms with Crippen LogP contribution in [0.1, 0.15) is 17.3 Å². The molecule has 0 N–H and O–H groups in total. The van der Waals surface area contributed by atoms with Gasteiger partial charge in [-0.2, -0.15) is 0 Å². The van der Waals surface area contributed by atoms with E-state index in [-0.39, 0.29) is 6.61 Å². The molecule has 6 heteroatoms. The normalized spacial score (nSPS) is 9.82. The second-order valence-electron chi connectivity index (χ2n) is 3.02. The fourth-order valence-corrected chi connectivity index (χ4v) is 2.53. The summed E-state index contributed by atoms with van der Waals surface area (Å²) in [7, 11) is 0. The summed E-state index contributed by atoms with van der Waals surface area (Å²) in [6.07, 6.45) is 0.663. The Morgan fingerprint density at radius 3 is 2.71 bits per heavy atom. The summed E-state index contributed by atoms with van der Waals surface area (Å²) in [4.78, 5) is 22.0. The predicted molar refractivity (Wildman–Crippen MR) is 69.4 cm³/mol. The lowest BCUT2D eigenvalue weighted by molar-refractivity contribution is -0.145. The van der Waals surface area contributed by atoms with Gasteiger partial charge in [-0.15, -0.1) is 0 Å². The van der Waals surface area contributed by atoms with Crippen LogP contribution in [0.2, 0.25) is 0 Å². The zero-order valence-electron chi connectivity index (χ0n) is 9.04. The second-order valence-corrected chi connectivity index (χ2v) is 4.79. The first kappa shape index (κ1) is 14.2. The van der Waals surface area contributed by atoms with Crippen molar-refractivity contribution in [3.8, 4) is 5.75 Å². The van der Waals surface area contributed by atoms with Crippen molar-refractivity contribution in [2.75, 3.05) is 13.2 Å². The predicted octanol–water partition coefficient (Wildman–Crippen LogP) is 2.97. The van der Waals surface area contributed by atoms with Gasteiger partial charge in [0.05, 0.1) is 16.6 Å². The lowest BCUT2D eigenvalue weighted by Gasteiger charge is -2.10. The van der Waals surface area contributed by atoms with Crippen LogP contribution in [0.5, 0.6) is 5.75 Å². The Morgan fingerprint density at radius 1 is 1.41 bits per heavy atom. The topological polar surface area (TPSA) is 52.6 Å². The third kappa shape index (κ3) is 4.12. The maximum absolute atomic E-state index is 11.1. The molecule has 0 aliphatic heterocycles. The molecule has 0 unspecified atom stereocenters. The van der Waals surface area contributed by atoms with E-state index in [4.69, 9.17) is 9.47 Å². The lowest BCUT2D eigenvalue weighted by Crippen LogP contribution is -2.15. The highest BCUT2D eigenvalue weighted by atomic mass is 79.9. The number of hydrogen-bond donors (Lipinski definition) is 0. The van der Waals surface area contributed by atoms with E-state index in [1.807, 2.05) is 0 Å². The molecule has 0 aliphatic rings. The zero-order valence-corrected chi connectivity index (χ0v) is 12.2. The number of hydrogen-bond acceptors (Lipinski definition) is 4. The van der Waals surface area contributed by atoms with Crippen molar-refractivity contribution < 1.29 is 19.1 Å². The van der Waals surface area contributed by atoms with Crippen molar-refractivity contribution in [1.82, 2.24) is 0 Å². The van der Waals surface area contributed by atoms with E-state index in [0.717, 1.165) is 4.47 Å². The number of benzene rings is 1. The van der Waals surface area contributed by atoms with Gasteiger partial charge in [0.15, 0.2) is 12.9 Å². The molecule has 92 valence electrons. The smallest absolute Gasteiger partial charge is 0.344 e. The van der Waals surface area contributed by atoms with Crippen molar-refractivity contribution >= 4 is 44.1 Å². The van der Waals surface area contributed by atoms with Crippen LogP contribution in [-0.2, 0) is 9.53 Å². The summed E-state index contributed by atoms with van der Waals surface area (Å²) >= 11 is 6.52. The third-order valence-corrected chi connectivity index (χ3v) is 2.85. The number of carbonyl (C=O) groups is 2. The van der Waals surface area contributed by atoms with Gasteiger partial charge in [0, 0.05) is 4.47 Å². The number of ether oxygens (including phenoxy) is 2. The molecule has 1 rings (SSSR count). The van der Waals surface area contributed by atoms with Crippen molar-refractivity contribution in [3.05, 3.63) is 26.6 Å². The van der Waals surface area contributed by atoms with E-state index in [2.05, 4.69) is 31.9 Å². The highest BCUT2D eigenvalue weighted by Crippen LogP contribution is 2.31. The molecule has 0 amide bonds. The van der Waals surface area contributed by atoms with Crippen molar-refractivity contribution in [1.29, 1.82) is 0 Å². The van der Waals surface area contributed by atoms with Crippen LogP contribution in [0.25, 0.3) is 0 Å². The van der Waals surface area contributed by atoms with Crippen molar-refractivity contribution in [3.63, 3.8) is 0 Å². The summed E-state index contributed by atoms with van der Waals surface area (Å²) in [5.41, 5.74) is 0.357. The molecule has 0 bridgehead atoms. The Kier molecular flexibility index (Phi) is 5.64. The molecule has 1 aromatic carbocycles. The molecular weight excluding hydrogens is 356 g/mol. The van der Waals surface area contributed by atoms with E-state index in [9.17, 15) is 9.59 Å². The molecule has 0 radical (unpaired) electrons. The molecule has 0 saturated carbocycles. The number of rotatable bonds is 5. The fourth-order valence-electron chi connectivity index (χ4n) is 1.15. The van der Waals surface area contributed by atoms with Crippen molar-refractivity contribution in [2.24, 2.45) is 0 Å². The SMILES string of the molecule is CCOC(=O)COc1c(Br)cc(Br)cc1C=O. The summed E-state index contributed by atoms with van der Waals surface area (Å²) < 4.78 is 11.3. The van der Waals surface area contributed by atoms with Gasteiger partial charge in [-0.3, -0.25) is 4.79 Å². The molecule has 17 heavy (non-hydrogen) atoms.